The molecule has 160 valence electrons. The van der Waals surface area contributed by atoms with Crippen molar-refractivity contribution in [3.8, 4) is 5.75 Å². The van der Waals surface area contributed by atoms with E-state index in [0.717, 1.165) is 36.5 Å². The minimum atomic E-state index is -3.51. The summed E-state index contributed by atoms with van der Waals surface area (Å²) in [5.74, 6) is 1.06. The number of rotatable bonds is 8. The molecule has 2 heterocycles. The van der Waals surface area contributed by atoms with Gasteiger partial charge in [0.05, 0.1) is 6.26 Å². The third-order valence-electron chi connectivity index (χ3n) is 6.02. The first-order valence-corrected chi connectivity index (χ1v) is 12.6. The molecule has 3 aromatic rings. The first kappa shape index (κ1) is 20.9. The highest BCUT2D eigenvalue weighted by Gasteiger charge is 2.20. The molecule has 0 atom stereocenters. The van der Waals surface area contributed by atoms with Crippen molar-refractivity contribution in [2.24, 2.45) is 0 Å². The normalized spacial score (nSPS) is 16.2. The summed E-state index contributed by atoms with van der Waals surface area (Å²) in [6.45, 7) is 3.54. The summed E-state index contributed by atoms with van der Waals surface area (Å²) >= 11 is 0. The highest BCUT2D eigenvalue weighted by molar-refractivity contribution is 7.86. The highest BCUT2D eigenvalue weighted by atomic mass is 32.2. The summed E-state index contributed by atoms with van der Waals surface area (Å²) < 4.78 is 27.6. The summed E-state index contributed by atoms with van der Waals surface area (Å²) in [7, 11) is -3.51. The van der Waals surface area contributed by atoms with Gasteiger partial charge >= 0.3 is 10.1 Å². The van der Waals surface area contributed by atoms with E-state index < -0.39 is 10.1 Å². The number of benzene rings is 2. The summed E-state index contributed by atoms with van der Waals surface area (Å²) in [4.78, 5) is 5.84. The second-order valence-corrected chi connectivity index (χ2v) is 9.87. The van der Waals surface area contributed by atoms with Crippen LogP contribution in [0.2, 0.25) is 0 Å². The lowest BCUT2D eigenvalue weighted by atomic mass is 9.89. The first-order valence-electron chi connectivity index (χ1n) is 10.7. The van der Waals surface area contributed by atoms with Crippen LogP contribution in [0.4, 0.5) is 0 Å². The Bertz CT molecular complexity index is 1070. The number of aromatic amines is 1. The number of nitrogens with zero attached hydrogens (tertiary/aromatic N) is 1. The maximum Gasteiger partial charge on any atom is 0.306 e. The summed E-state index contributed by atoms with van der Waals surface area (Å²) in [5.41, 5.74) is 3.68. The molecule has 0 saturated carbocycles. The fraction of sp³-hybridized carbons (Fsp3) is 0.417. The van der Waals surface area contributed by atoms with E-state index in [4.69, 9.17) is 4.18 Å². The fourth-order valence-corrected chi connectivity index (χ4v) is 4.92. The molecule has 1 aromatic heterocycles. The molecule has 1 aliphatic heterocycles. The van der Waals surface area contributed by atoms with Gasteiger partial charge < -0.3 is 14.1 Å². The lowest BCUT2D eigenvalue weighted by Gasteiger charge is -2.32. The Balaban J connectivity index is 1.23. The predicted octanol–water partition coefficient (Wildman–Crippen LogP) is 4.71. The van der Waals surface area contributed by atoms with E-state index in [2.05, 4.69) is 40.2 Å². The smallest absolute Gasteiger partial charge is 0.306 e. The van der Waals surface area contributed by atoms with E-state index in [9.17, 15) is 8.42 Å². The maximum atomic E-state index is 11.3. The molecular weight excluding hydrogens is 396 g/mol. The summed E-state index contributed by atoms with van der Waals surface area (Å²) in [6.07, 6.45) is 8.95. The van der Waals surface area contributed by atoms with Crippen LogP contribution in [0.5, 0.6) is 5.75 Å². The Hall–Kier alpha value is -2.31. The van der Waals surface area contributed by atoms with Crippen LogP contribution in [0, 0.1) is 0 Å². The number of fused-ring (bicyclic) bond motifs is 1. The van der Waals surface area contributed by atoms with Gasteiger partial charge in [-0.05, 0) is 80.9 Å². The monoisotopic (exact) mass is 426 g/mol. The molecule has 1 N–H and O–H groups in total. The molecule has 6 heteroatoms. The molecule has 1 fully saturated rings. The number of aromatic nitrogens is 1. The third kappa shape index (κ3) is 5.43. The third-order valence-corrected chi connectivity index (χ3v) is 6.51. The van der Waals surface area contributed by atoms with Crippen LogP contribution in [-0.4, -0.2) is 44.2 Å². The Labute approximate surface area is 179 Å². The minimum Gasteiger partial charge on any atom is -0.383 e. The number of hydrogen-bond acceptors (Lipinski definition) is 4. The van der Waals surface area contributed by atoms with E-state index in [0.29, 0.717) is 11.7 Å². The van der Waals surface area contributed by atoms with Crippen molar-refractivity contribution < 1.29 is 12.6 Å². The molecule has 30 heavy (non-hydrogen) atoms. The molecule has 0 spiro atoms. The lowest BCUT2D eigenvalue weighted by molar-refractivity contribution is 0.209. The van der Waals surface area contributed by atoms with Gasteiger partial charge in [0, 0.05) is 23.2 Å². The second kappa shape index (κ2) is 9.23. The average molecular weight is 427 g/mol. The molecule has 1 aliphatic rings. The highest BCUT2D eigenvalue weighted by Crippen LogP contribution is 2.28. The van der Waals surface area contributed by atoms with E-state index in [1.165, 1.54) is 43.5 Å². The topological polar surface area (TPSA) is 62.4 Å². The predicted molar refractivity (Wildman–Crippen MR) is 122 cm³/mol. The molecule has 1 saturated heterocycles. The van der Waals surface area contributed by atoms with Gasteiger partial charge in [0.15, 0.2) is 0 Å². The Kier molecular flexibility index (Phi) is 6.44. The van der Waals surface area contributed by atoms with Crippen molar-refractivity contribution in [1.29, 1.82) is 0 Å². The van der Waals surface area contributed by atoms with Gasteiger partial charge in [0.25, 0.3) is 0 Å². The van der Waals surface area contributed by atoms with Gasteiger partial charge in [-0.3, -0.25) is 0 Å². The Morgan fingerprint density at radius 3 is 2.57 bits per heavy atom. The quantitative estimate of drug-likeness (QED) is 0.419. The first-order chi connectivity index (χ1) is 14.5. The van der Waals surface area contributed by atoms with Crippen molar-refractivity contribution in [3.05, 3.63) is 65.9 Å². The zero-order valence-corrected chi connectivity index (χ0v) is 18.3. The number of likely N-dealkylation sites (tertiary alicyclic amines) is 1. The molecule has 0 bridgehead atoms. The second-order valence-electron chi connectivity index (χ2n) is 8.29. The maximum absolute atomic E-state index is 11.3. The number of piperidine rings is 1. The molecule has 4 rings (SSSR count). The molecule has 0 amide bonds. The van der Waals surface area contributed by atoms with Crippen LogP contribution in [0.15, 0.2) is 54.7 Å². The van der Waals surface area contributed by atoms with E-state index in [1.54, 1.807) is 12.1 Å². The van der Waals surface area contributed by atoms with Crippen LogP contribution in [0.3, 0.4) is 0 Å². The minimum absolute atomic E-state index is 0.345. The molecular formula is C24H30N2O3S. The van der Waals surface area contributed by atoms with Crippen LogP contribution in [0.1, 0.15) is 42.7 Å². The van der Waals surface area contributed by atoms with Crippen molar-refractivity contribution in [1.82, 2.24) is 9.88 Å². The molecule has 2 aromatic carbocycles. The van der Waals surface area contributed by atoms with Gasteiger partial charge in [-0.2, -0.15) is 8.42 Å². The summed E-state index contributed by atoms with van der Waals surface area (Å²) in [5, 5.41) is 1.14. The van der Waals surface area contributed by atoms with Gasteiger partial charge in [-0.1, -0.05) is 30.3 Å². The standard InChI is InChI=1S/C24H30N2O3S/c1-30(27,28)29-22-10-11-23-21(18-25-24(23)17-22)9-5-6-14-26-15-12-20(13-16-26)19-7-3-2-4-8-19/h2-4,7-8,10-11,17-18,20,25H,5-6,9,12-16H2,1H3. The van der Waals surface area contributed by atoms with Crippen molar-refractivity contribution in [2.45, 2.75) is 38.0 Å². The van der Waals surface area contributed by atoms with Crippen LogP contribution in [0.25, 0.3) is 10.9 Å². The van der Waals surface area contributed by atoms with Gasteiger partial charge in [-0.25, -0.2) is 0 Å². The largest absolute Gasteiger partial charge is 0.383 e. The van der Waals surface area contributed by atoms with Gasteiger partial charge in [0.1, 0.15) is 5.75 Å². The number of H-pyrrole nitrogens is 1. The molecule has 0 radical (unpaired) electrons. The van der Waals surface area contributed by atoms with Crippen molar-refractivity contribution in [3.63, 3.8) is 0 Å². The number of aryl methyl sites for hydroxylation is 1. The van der Waals surface area contributed by atoms with Crippen LogP contribution in [-0.2, 0) is 16.5 Å². The lowest BCUT2D eigenvalue weighted by Crippen LogP contribution is -2.33. The molecule has 0 aliphatic carbocycles. The average Bonchev–Trinajstić information content (AvgIpc) is 3.13. The zero-order chi connectivity index (χ0) is 21.0. The number of unbranched alkanes of at least 4 members (excludes halogenated alkanes) is 1. The Morgan fingerprint density at radius 2 is 1.83 bits per heavy atom. The van der Waals surface area contributed by atoms with E-state index >= 15 is 0 Å². The molecule has 0 unspecified atom stereocenters. The van der Waals surface area contributed by atoms with Crippen LogP contribution >= 0.6 is 0 Å². The zero-order valence-electron chi connectivity index (χ0n) is 17.5. The fourth-order valence-electron chi connectivity index (χ4n) is 4.46. The van der Waals surface area contributed by atoms with Gasteiger partial charge in [-0.15, -0.1) is 0 Å². The SMILES string of the molecule is CS(=O)(=O)Oc1ccc2c(CCCCN3CCC(c4ccccc4)CC3)c[nH]c2c1. The number of nitrogens with one attached hydrogen (secondary N) is 1. The van der Waals surface area contributed by atoms with Crippen molar-refractivity contribution >= 4 is 21.0 Å². The van der Waals surface area contributed by atoms with Crippen LogP contribution < -0.4 is 4.18 Å². The molecule has 5 nitrogen and oxygen atoms in total. The van der Waals surface area contributed by atoms with E-state index in [1.807, 2.05) is 12.3 Å². The Morgan fingerprint density at radius 1 is 1.07 bits per heavy atom. The van der Waals surface area contributed by atoms with E-state index in [-0.39, 0.29) is 0 Å². The summed E-state index contributed by atoms with van der Waals surface area (Å²) in [6, 6.07) is 16.3. The number of hydrogen-bond donors (Lipinski definition) is 1. The van der Waals surface area contributed by atoms with Gasteiger partial charge in [0.2, 0.25) is 0 Å². The van der Waals surface area contributed by atoms with Crippen molar-refractivity contribution in [2.75, 3.05) is 25.9 Å².